The third-order valence-electron chi connectivity index (χ3n) is 5.34. The Balaban J connectivity index is 1.61. The normalized spacial score (nSPS) is 11.0. The number of rotatable bonds is 5. The first-order chi connectivity index (χ1) is 14.4. The van der Waals surface area contributed by atoms with Gasteiger partial charge in [-0.15, -0.1) is 0 Å². The zero-order chi connectivity index (χ0) is 21.3. The number of fused-ring (bicyclic) bond motifs is 2. The lowest BCUT2D eigenvalue weighted by atomic mass is 9.99. The molecule has 0 spiro atoms. The van der Waals surface area contributed by atoms with Gasteiger partial charge in [-0.2, -0.15) is 0 Å². The summed E-state index contributed by atoms with van der Waals surface area (Å²) in [6.45, 7) is 3.94. The number of carbonyl (C=O) groups excluding carboxylic acids is 1. The molecule has 30 heavy (non-hydrogen) atoms. The Morgan fingerprint density at radius 3 is 2.33 bits per heavy atom. The van der Waals surface area contributed by atoms with Gasteiger partial charge in [0.1, 0.15) is 0 Å². The van der Waals surface area contributed by atoms with Crippen molar-refractivity contribution in [3.63, 3.8) is 0 Å². The zero-order valence-corrected chi connectivity index (χ0v) is 16.9. The number of carboxylic acids is 1. The van der Waals surface area contributed by atoms with Gasteiger partial charge in [0, 0.05) is 22.9 Å². The van der Waals surface area contributed by atoms with Gasteiger partial charge in [0.2, 0.25) is 5.91 Å². The number of aromatic nitrogens is 1. The van der Waals surface area contributed by atoms with Gasteiger partial charge >= 0.3 is 5.97 Å². The molecule has 0 aliphatic carbocycles. The van der Waals surface area contributed by atoms with E-state index >= 15 is 0 Å². The molecule has 5 heteroatoms. The number of nitrogens with zero attached hydrogens (tertiary/aromatic N) is 1. The maximum Gasteiger partial charge on any atom is 0.337 e. The Bertz CT molecular complexity index is 1270. The van der Waals surface area contributed by atoms with E-state index in [1.807, 2.05) is 68.4 Å². The van der Waals surface area contributed by atoms with Crippen molar-refractivity contribution < 1.29 is 14.7 Å². The standard InChI is InChI=1S/C25H22N2O3/c1-15-6-5-7-16(2)24(15)27-22(28)13-11-17-10-12-21-19(14-17)23(25(29)30)18-8-3-4-9-20(18)26-21/h3-10,12,14H,11,13H2,1-2H3,(H,27,28)(H,29,30). The third-order valence-corrected chi connectivity index (χ3v) is 5.34. The molecular weight excluding hydrogens is 376 g/mol. The first-order valence-corrected chi connectivity index (χ1v) is 9.85. The average molecular weight is 398 g/mol. The molecule has 0 saturated carbocycles. The molecule has 0 aliphatic rings. The number of aromatic carboxylic acids is 1. The van der Waals surface area contributed by atoms with Crippen molar-refractivity contribution in [1.29, 1.82) is 0 Å². The highest BCUT2D eigenvalue weighted by Crippen LogP contribution is 2.27. The van der Waals surface area contributed by atoms with E-state index in [9.17, 15) is 14.7 Å². The number of hydrogen-bond donors (Lipinski definition) is 2. The van der Waals surface area contributed by atoms with Crippen LogP contribution in [0.5, 0.6) is 0 Å². The SMILES string of the molecule is Cc1cccc(C)c1NC(=O)CCc1ccc2nc3ccccc3c(C(=O)O)c2c1. The summed E-state index contributed by atoms with van der Waals surface area (Å²) in [5.74, 6) is -1.05. The van der Waals surface area contributed by atoms with E-state index in [1.165, 1.54) is 0 Å². The van der Waals surface area contributed by atoms with Crippen molar-refractivity contribution in [2.45, 2.75) is 26.7 Å². The molecule has 5 nitrogen and oxygen atoms in total. The first-order valence-electron chi connectivity index (χ1n) is 9.85. The van der Waals surface area contributed by atoms with Gasteiger partial charge in [0.15, 0.2) is 0 Å². The fourth-order valence-electron chi connectivity index (χ4n) is 3.80. The second kappa shape index (κ2) is 7.95. The van der Waals surface area contributed by atoms with Crippen LogP contribution in [0, 0.1) is 13.8 Å². The molecule has 1 aromatic heterocycles. The number of pyridine rings is 1. The molecule has 0 bridgehead atoms. The molecule has 4 aromatic rings. The van der Waals surface area contributed by atoms with E-state index in [0.717, 1.165) is 22.4 Å². The van der Waals surface area contributed by atoms with E-state index in [4.69, 9.17) is 0 Å². The van der Waals surface area contributed by atoms with Gasteiger partial charge in [-0.25, -0.2) is 9.78 Å². The van der Waals surface area contributed by atoms with Crippen LogP contribution in [0.25, 0.3) is 21.8 Å². The molecule has 1 heterocycles. The van der Waals surface area contributed by atoms with Gasteiger partial charge in [-0.3, -0.25) is 4.79 Å². The van der Waals surface area contributed by atoms with E-state index in [2.05, 4.69) is 10.3 Å². The number of benzene rings is 3. The quantitative estimate of drug-likeness (QED) is 0.449. The summed E-state index contributed by atoms with van der Waals surface area (Å²) < 4.78 is 0. The van der Waals surface area contributed by atoms with Gasteiger partial charge in [0.25, 0.3) is 0 Å². The maximum absolute atomic E-state index is 12.5. The summed E-state index contributed by atoms with van der Waals surface area (Å²) in [4.78, 5) is 29.1. The number of hydrogen-bond acceptors (Lipinski definition) is 3. The molecule has 0 radical (unpaired) electrons. The van der Waals surface area contributed by atoms with Crippen LogP contribution in [0.15, 0.2) is 60.7 Å². The molecule has 0 aliphatic heterocycles. The van der Waals surface area contributed by atoms with Crippen molar-refractivity contribution in [2.24, 2.45) is 0 Å². The number of para-hydroxylation sites is 2. The van der Waals surface area contributed by atoms with E-state index in [0.29, 0.717) is 34.6 Å². The van der Waals surface area contributed by atoms with Crippen LogP contribution in [-0.4, -0.2) is 22.0 Å². The molecule has 0 fully saturated rings. The zero-order valence-electron chi connectivity index (χ0n) is 16.9. The average Bonchev–Trinajstić information content (AvgIpc) is 2.73. The second-order valence-corrected chi connectivity index (χ2v) is 7.48. The van der Waals surface area contributed by atoms with Crippen LogP contribution in [-0.2, 0) is 11.2 Å². The summed E-state index contributed by atoms with van der Waals surface area (Å²) in [7, 11) is 0. The van der Waals surface area contributed by atoms with Gasteiger partial charge in [-0.05, 0) is 55.2 Å². The number of amides is 1. The molecule has 3 aromatic carbocycles. The number of carbonyl (C=O) groups is 2. The van der Waals surface area contributed by atoms with E-state index in [-0.39, 0.29) is 11.5 Å². The molecular formula is C25H22N2O3. The smallest absolute Gasteiger partial charge is 0.337 e. The van der Waals surface area contributed by atoms with Crippen molar-refractivity contribution in [3.05, 3.63) is 82.9 Å². The lowest BCUT2D eigenvalue weighted by Gasteiger charge is -2.12. The predicted octanol–water partition coefficient (Wildman–Crippen LogP) is 5.27. The summed E-state index contributed by atoms with van der Waals surface area (Å²) in [6, 6.07) is 18.7. The molecule has 0 saturated heterocycles. The largest absolute Gasteiger partial charge is 0.478 e. The van der Waals surface area contributed by atoms with E-state index < -0.39 is 5.97 Å². The second-order valence-electron chi connectivity index (χ2n) is 7.48. The van der Waals surface area contributed by atoms with Crippen molar-refractivity contribution in [3.8, 4) is 0 Å². The monoisotopic (exact) mass is 398 g/mol. The highest BCUT2D eigenvalue weighted by Gasteiger charge is 2.16. The highest BCUT2D eigenvalue weighted by molar-refractivity contribution is 6.13. The van der Waals surface area contributed by atoms with Crippen LogP contribution in [0.4, 0.5) is 5.69 Å². The van der Waals surface area contributed by atoms with Gasteiger partial charge < -0.3 is 10.4 Å². The molecule has 2 N–H and O–H groups in total. The predicted molar refractivity (Wildman–Crippen MR) is 119 cm³/mol. The molecule has 0 atom stereocenters. The Morgan fingerprint density at radius 2 is 1.60 bits per heavy atom. The topological polar surface area (TPSA) is 79.3 Å². The van der Waals surface area contributed by atoms with Crippen LogP contribution in [0.1, 0.15) is 33.5 Å². The summed E-state index contributed by atoms with van der Waals surface area (Å²) in [5.41, 5.74) is 5.34. The van der Waals surface area contributed by atoms with Crippen LogP contribution in [0.3, 0.4) is 0 Å². The molecule has 4 rings (SSSR count). The maximum atomic E-state index is 12.5. The number of carboxylic acid groups (broad SMARTS) is 1. The number of aryl methyl sites for hydroxylation is 3. The summed E-state index contributed by atoms with van der Waals surface area (Å²) >= 11 is 0. The molecule has 0 unspecified atom stereocenters. The Labute approximate surface area is 174 Å². The van der Waals surface area contributed by atoms with Crippen LogP contribution >= 0.6 is 0 Å². The van der Waals surface area contributed by atoms with Crippen molar-refractivity contribution >= 4 is 39.4 Å². The molecule has 1 amide bonds. The number of anilines is 1. The first kappa shape index (κ1) is 19.6. The third kappa shape index (κ3) is 3.74. The lowest BCUT2D eigenvalue weighted by molar-refractivity contribution is -0.116. The fourth-order valence-corrected chi connectivity index (χ4v) is 3.80. The minimum atomic E-state index is -0.983. The van der Waals surface area contributed by atoms with Gasteiger partial charge in [0.05, 0.1) is 16.6 Å². The lowest BCUT2D eigenvalue weighted by Crippen LogP contribution is -2.14. The minimum absolute atomic E-state index is 0.0670. The molecule has 150 valence electrons. The Morgan fingerprint density at radius 1 is 0.900 bits per heavy atom. The summed E-state index contributed by atoms with van der Waals surface area (Å²) in [6.07, 6.45) is 0.821. The Hall–Kier alpha value is -3.73. The van der Waals surface area contributed by atoms with Crippen molar-refractivity contribution in [2.75, 3.05) is 5.32 Å². The van der Waals surface area contributed by atoms with Crippen LogP contribution in [0.2, 0.25) is 0 Å². The Kier molecular flexibility index (Phi) is 5.19. The van der Waals surface area contributed by atoms with Crippen molar-refractivity contribution in [1.82, 2.24) is 4.98 Å². The van der Waals surface area contributed by atoms with Crippen LogP contribution < -0.4 is 5.32 Å². The number of nitrogens with one attached hydrogen (secondary N) is 1. The summed E-state index contributed by atoms with van der Waals surface area (Å²) in [5, 5.41) is 14.0. The fraction of sp³-hybridized carbons (Fsp3) is 0.160. The highest BCUT2D eigenvalue weighted by atomic mass is 16.4. The van der Waals surface area contributed by atoms with Gasteiger partial charge in [-0.1, -0.05) is 42.5 Å². The minimum Gasteiger partial charge on any atom is -0.478 e. The van der Waals surface area contributed by atoms with E-state index in [1.54, 1.807) is 6.07 Å².